The second kappa shape index (κ2) is 3.31. The van der Waals surface area contributed by atoms with E-state index in [9.17, 15) is 0 Å². The summed E-state index contributed by atoms with van der Waals surface area (Å²) in [5.41, 5.74) is 10.5. The van der Waals surface area contributed by atoms with Gasteiger partial charge >= 0.3 is 0 Å². The summed E-state index contributed by atoms with van der Waals surface area (Å²) in [4.78, 5) is 9.75. The lowest BCUT2D eigenvalue weighted by Gasteiger charge is -1.99. The highest BCUT2D eigenvalue weighted by molar-refractivity contribution is 7.10. The van der Waals surface area contributed by atoms with Crippen molar-refractivity contribution in [2.45, 2.75) is 6.92 Å². The lowest BCUT2D eigenvalue weighted by atomic mass is 10.2. The number of nitrogens with two attached hydrogens (primary N) is 1. The highest BCUT2D eigenvalue weighted by Gasteiger charge is 2.06. The Hall–Kier alpha value is -1.88. The Morgan fingerprint density at radius 1 is 1.31 bits per heavy atom. The van der Waals surface area contributed by atoms with E-state index in [0.29, 0.717) is 5.82 Å². The zero-order valence-electron chi connectivity index (χ0n) is 8.71. The SMILES string of the molecule is Cc1scnc1-c1ccc2nc(N)cn2c1. The molecule has 0 aliphatic rings. The van der Waals surface area contributed by atoms with Crippen molar-refractivity contribution in [3.05, 3.63) is 34.9 Å². The number of thiazole rings is 1. The maximum atomic E-state index is 5.64. The first-order chi connectivity index (χ1) is 7.74. The van der Waals surface area contributed by atoms with E-state index < -0.39 is 0 Å². The Balaban J connectivity index is 2.22. The third-order valence-corrected chi connectivity index (χ3v) is 3.25. The zero-order valence-corrected chi connectivity index (χ0v) is 9.53. The molecule has 0 aliphatic carbocycles. The summed E-state index contributed by atoms with van der Waals surface area (Å²) in [6.07, 6.45) is 3.81. The number of anilines is 1. The molecule has 0 aromatic carbocycles. The van der Waals surface area contributed by atoms with Gasteiger partial charge in [0.25, 0.3) is 0 Å². The molecule has 3 aromatic rings. The van der Waals surface area contributed by atoms with Crippen molar-refractivity contribution in [2.75, 3.05) is 5.73 Å². The number of hydrogen-bond donors (Lipinski definition) is 1. The van der Waals surface area contributed by atoms with Crippen LogP contribution in [0.5, 0.6) is 0 Å². The quantitative estimate of drug-likeness (QED) is 0.698. The van der Waals surface area contributed by atoms with Gasteiger partial charge in [-0.1, -0.05) is 0 Å². The molecular weight excluding hydrogens is 220 g/mol. The van der Waals surface area contributed by atoms with Gasteiger partial charge in [-0.05, 0) is 19.1 Å². The highest BCUT2D eigenvalue weighted by Crippen LogP contribution is 2.24. The number of nitrogens with zero attached hydrogens (tertiary/aromatic N) is 3. The molecule has 3 heterocycles. The first kappa shape index (κ1) is 9.35. The minimum absolute atomic E-state index is 0.534. The highest BCUT2D eigenvalue weighted by atomic mass is 32.1. The van der Waals surface area contributed by atoms with E-state index in [1.165, 1.54) is 4.88 Å². The van der Waals surface area contributed by atoms with Crippen LogP contribution in [0.4, 0.5) is 5.82 Å². The van der Waals surface area contributed by atoms with Gasteiger partial charge in [0, 0.05) is 16.6 Å². The van der Waals surface area contributed by atoms with Gasteiger partial charge in [-0.15, -0.1) is 11.3 Å². The molecule has 0 saturated heterocycles. The summed E-state index contributed by atoms with van der Waals surface area (Å²) in [5.74, 6) is 0.534. The van der Waals surface area contributed by atoms with Gasteiger partial charge in [-0.25, -0.2) is 9.97 Å². The molecule has 3 aromatic heterocycles. The second-order valence-electron chi connectivity index (χ2n) is 3.61. The van der Waals surface area contributed by atoms with Crippen molar-refractivity contribution in [2.24, 2.45) is 0 Å². The lowest BCUT2D eigenvalue weighted by Crippen LogP contribution is -1.86. The summed E-state index contributed by atoms with van der Waals surface area (Å²) in [7, 11) is 0. The van der Waals surface area contributed by atoms with Gasteiger partial charge < -0.3 is 10.1 Å². The van der Waals surface area contributed by atoms with E-state index in [4.69, 9.17) is 5.73 Å². The van der Waals surface area contributed by atoms with Gasteiger partial charge in [0.15, 0.2) is 0 Å². The van der Waals surface area contributed by atoms with E-state index in [0.717, 1.165) is 16.9 Å². The molecule has 0 amide bonds. The Morgan fingerprint density at radius 3 is 2.94 bits per heavy atom. The van der Waals surface area contributed by atoms with Crippen molar-refractivity contribution < 1.29 is 0 Å². The zero-order chi connectivity index (χ0) is 11.1. The second-order valence-corrected chi connectivity index (χ2v) is 4.67. The third-order valence-electron chi connectivity index (χ3n) is 2.49. The molecule has 4 nitrogen and oxygen atoms in total. The van der Waals surface area contributed by atoms with Crippen LogP contribution < -0.4 is 5.73 Å². The molecule has 16 heavy (non-hydrogen) atoms. The van der Waals surface area contributed by atoms with Crippen LogP contribution in [-0.4, -0.2) is 14.4 Å². The van der Waals surface area contributed by atoms with Crippen molar-refractivity contribution in [3.8, 4) is 11.3 Å². The standard InChI is InChI=1S/C11H10N4S/c1-7-11(13-6-16-7)8-2-3-10-14-9(12)5-15(10)4-8/h2-6H,12H2,1H3. The molecule has 80 valence electrons. The molecule has 0 aliphatic heterocycles. The predicted octanol–water partition coefficient (Wildman–Crippen LogP) is 2.35. The van der Waals surface area contributed by atoms with Crippen LogP contribution in [0.25, 0.3) is 16.9 Å². The molecule has 0 fully saturated rings. The normalized spacial score (nSPS) is 11.1. The van der Waals surface area contributed by atoms with Crippen LogP contribution in [0.3, 0.4) is 0 Å². The molecule has 0 bridgehead atoms. The third kappa shape index (κ3) is 1.37. The number of rotatable bonds is 1. The Kier molecular flexibility index (Phi) is 1.94. The molecular formula is C11H10N4S. The van der Waals surface area contributed by atoms with Crippen molar-refractivity contribution in [1.82, 2.24) is 14.4 Å². The lowest BCUT2D eigenvalue weighted by molar-refractivity contribution is 1.18. The fourth-order valence-electron chi connectivity index (χ4n) is 1.73. The van der Waals surface area contributed by atoms with E-state index in [1.54, 1.807) is 17.5 Å². The first-order valence-electron chi connectivity index (χ1n) is 4.89. The monoisotopic (exact) mass is 230 g/mol. The fourth-order valence-corrected chi connectivity index (χ4v) is 2.33. The molecule has 0 unspecified atom stereocenters. The molecule has 0 spiro atoms. The molecule has 5 heteroatoms. The number of pyridine rings is 1. The summed E-state index contributed by atoms with van der Waals surface area (Å²) in [6, 6.07) is 3.97. The maximum Gasteiger partial charge on any atom is 0.142 e. The topological polar surface area (TPSA) is 56.2 Å². The van der Waals surface area contributed by atoms with Crippen molar-refractivity contribution in [3.63, 3.8) is 0 Å². The summed E-state index contributed by atoms with van der Waals surface area (Å²) in [5, 5.41) is 0. The number of fused-ring (bicyclic) bond motifs is 1. The summed E-state index contributed by atoms with van der Waals surface area (Å²) < 4.78 is 1.92. The van der Waals surface area contributed by atoms with E-state index in [1.807, 2.05) is 28.2 Å². The molecule has 2 N–H and O–H groups in total. The largest absolute Gasteiger partial charge is 0.382 e. The van der Waals surface area contributed by atoms with Gasteiger partial charge in [0.2, 0.25) is 0 Å². The molecule has 0 atom stereocenters. The number of aromatic nitrogens is 3. The smallest absolute Gasteiger partial charge is 0.142 e. The van der Waals surface area contributed by atoms with Gasteiger partial charge in [-0.3, -0.25) is 0 Å². The van der Waals surface area contributed by atoms with E-state index in [2.05, 4.69) is 16.9 Å². The van der Waals surface area contributed by atoms with Crippen molar-refractivity contribution >= 4 is 22.8 Å². The summed E-state index contributed by atoms with van der Waals surface area (Å²) >= 11 is 1.65. The number of hydrogen-bond acceptors (Lipinski definition) is 4. The van der Waals surface area contributed by atoms with Crippen LogP contribution in [0, 0.1) is 6.92 Å². The van der Waals surface area contributed by atoms with Gasteiger partial charge in [0.1, 0.15) is 11.5 Å². The average molecular weight is 230 g/mol. The number of aryl methyl sites for hydroxylation is 1. The summed E-state index contributed by atoms with van der Waals surface area (Å²) in [6.45, 7) is 2.07. The number of nitrogen functional groups attached to an aromatic ring is 1. The van der Waals surface area contributed by atoms with Crippen LogP contribution in [0.2, 0.25) is 0 Å². The first-order valence-corrected chi connectivity index (χ1v) is 5.77. The van der Waals surface area contributed by atoms with Crippen LogP contribution in [-0.2, 0) is 0 Å². The number of imidazole rings is 1. The maximum absolute atomic E-state index is 5.64. The minimum Gasteiger partial charge on any atom is -0.382 e. The molecule has 0 radical (unpaired) electrons. The van der Waals surface area contributed by atoms with Gasteiger partial charge in [0.05, 0.1) is 17.4 Å². The van der Waals surface area contributed by atoms with Crippen LogP contribution >= 0.6 is 11.3 Å². The fraction of sp³-hybridized carbons (Fsp3) is 0.0909. The Bertz CT molecular complexity index is 653. The van der Waals surface area contributed by atoms with E-state index >= 15 is 0 Å². The molecule has 0 saturated carbocycles. The van der Waals surface area contributed by atoms with Gasteiger partial charge in [-0.2, -0.15) is 0 Å². The van der Waals surface area contributed by atoms with E-state index in [-0.39, 0.29) is 0 Å². The Labute approximate surface area is 96.4 Å². The predicted molar refractivity (Wildman–Crippen MR) is 65.4 cm³/mol. The minimum atomic E-state index is 0.534. The van der Waals surface area contributed by atoms with Crippen LogP contribution in [0.1, 0.15) is 4.88 Å². The van der Waals surface area contributed by atoms with Crippen LogP contribution in [0.15, 0.2) is 30.0 Å². The average Bonchev–Trinajstić information content (AvgIpc) is 2.81. The molecule has 3 rings (SSSR count). The Morgan fingerprint density at radius 2 is 2.19 bits per heavy atom. The van der Waals surface area contributed by atoms with Crippen molar-refractivity contribution in [1.29, 1.82) is 0 Å².